The van der Waals surface area contributed by atoms with Crippen LogP contribution in [0.5, 0.6) is 0 Å². The fourth-order valence-corrected chi connectivity index (χ4v) is 4.17. The quantitative estimate of drug-likeness (QED) is 0.947. The van der Waals surface area contributed by atoms with Gasteiger partial charge in [0.25, 0.3) is 5.91 Å². The first-order valence-electron chi connectivity index (χ1n) is 6.82. The maximum Gasteiger partial charge on any atom is 0.265 e. The molecule has 1 amide bonds. The Labute approximate surface area is 126 Å². The summed E-state index contributed by atoms with van der Waals surface area (Å²) in [7, 11) is 0. The van der Waals surface area contributed by atoms with Crippen molar-refractivity contribution in [2.45, 2.75) is 26.3 Å². The van der Waals surface area contributed by atoms with Crippen molar-refractivity contribution in [1.29, 1.82) is 0 Å². The van der Waals surface area contributed by atoms with E-state index in [-0.39, 0.29) is 5.91 Å². The molecule has 1 aliphatic heterocycles. The summed E-state index contributed by atoms with van der Waals surface area (Å²) in [5, 5.41) is 6.09. The molecule has 1 aliphatic rings. The number of nitrogens with one attached hydrogen (secondary N) is 1. The average molecular weight is 307 g/mol. The number of fused-ring (bicyclic) bond motifs is 1. The van der Waals surface area contributed by atoms with Crippen molar-refractivity contribution in [1.82, 2.24) is 9.88 Å². The second-order valence-electron chi connectivity index (χ2n) is 4.76. The monoisotopic (exact) mass is 307 g/mol. The minimum atomic E-state index is 0.103. The standard InChI is InChI=1S/C14H17N3OS2/c1-2-15-14-16-8-12(20-14)13(18)17-6-3-4-11-10(9-17)5-7-19-11/h5,7-8H,2-4,6,9H2,1H3,(H,15,16). The molecule has 0 unspecified atom stereocenters. The van der Waals surface area contributed by atoms with Gasteiger partial charge in [-0.05, 0) is 36.8 Å². The van der Waals surface area contributed by atoms with E-state index in [9.17, 15) is 4.79 Å². The van der Waals surface area contributed by atoms with Crippen molar-refractivity contribution in [2.75, 3.05) is 18.4 Å². The summed E-state index contributed by atoms with van der Waals surface area (Å²) < 4.78 is 0. The Morgan fingerprint density at radius 2 is 2.45 bits per heavy atom. The Morgan fingerprint density at radius 3 is 3.30 bits per heavy atom. The summed E-state index contributed by atoms with van der Waals surface area (Å²) in [5.74, 6) is 0.103. The molecule has 0 radical (unpaired) electrons. The van der Waals surface area contributed by atoms with E-state index in [0.29, 0.717) is 0 Å². The molecule has 4 nitrogen and oxygen atoms in total. The van der Waals surface area contributed by atoms with Crippen LogP contribution in [0.4, 0.5) is 5.13 Å². The normalized spacial score (nSPS) is 14.8. The van der Waals surface area contributed by atoms with Gasteiger partial charge in [-0.1, -0.05) is 11.3 Å². The highest BCUT2D eigenvalue weighted by atomic mass is 32.1. The lowest BCUT2D eigenvalue weighted by molar-refractivity contribution is 0.0750. The first kappa shape index (κ1) is 13.6. The maximum absolute atomic E-state index is 12.6. The molecule has 0 bridgehead atoms. The lowest BCUT2D eigenvalue weighted by Gasteiger charge is -2.19. The van der Waals surface area contributed by atoms with Crippen LogP contribution in [0, 0.1) is 0 Å². The number of aromatic nitrogens is 1. The van der Waals surface area contributed by atoms with E-state index in [2.05, 4.69) is 21.7 Å². The third-order valence-corrected chi connectivity index (χ3v) is 5.33. The third kappa shape index (κ3) is 2.71. The molecule has 0 aliphatic carbocycles. The molecule has 20 heavy (non-hydrogen) atoms. The molecule has 0 aromatic carbocycles. The summed E-state index contributed by atoms with van der Waals surface area (Å²) in [5.41, 5.74) is 1.30. The predicted octanol–water partition coefficient (Wildman–Crippen LogP) is 3.23. The number of amides is 1. The van der Waals surface area contributed by atoms with Crippen LogP contribution in [0.3, 0.4) is 0 Å². The van der Waals surface area contributed by atoms with E-state index < -0.39 is 0 Å². The highest BCUT2D eigenvalue weighted by Crippen LogP contribution is 2.26. The number of carbonyl (C=O) groups excluding carboxylic acids is 1. The SMILES string of the molecule is CCNc1ncc(C(=O)N2CCCc3sccc3C2)s1. The van der Waals surface area contributed by atoms with Crippen LogP contribution in [0.15, 0.2) is 17.6 Å². The molecule has 1 N–H and O–H groups in total. The van der Waals surface area contributed by atoms with Crippen molar-refractivity contribution >= 4 is 33.7 Å². The van der Waals surface area contributed by atoms with Crippen molar-refractivity contribution in [3.63, 3.8) is 0 Å². The Kier molecular flexibility index (Phi) is 4.03. The summed E-state index contributed by atoms with van der Waals surface area (Å²) in [6.45, 7) is 4.40. The van der Waals surface area contributed by atoms with Gasteiger partial charge in [-0.25, -0.2) is 4.98 Å². The zero-order valence-electron chi connectivity index (χ0n) is 11.4. The first-order valence-corrected chi connectivity index (χ1v) is 8.51. The van der Waals surface area contributed by atoms with Gasteiger partial charge in [0, 0.05) is 24.5 Å². The minimum Gasteiger partial charge on any atom is -0.362 e. The Balaban J connectivity index is 1.76. The minimum absolute atomic E-state index is 0.103. The summed E-state index contributed by atoms with van der Waals surface area (Å²) in [4.78, 5) is 20.9. The average Bonchev–Trinajstić information content (AvgIpc) is 3.04. The summed E-state index contributed by atoms with van der Waals surface area (Å²) in [6, 6.07) is 2.14. The molecule has 106 valence electrons. The summed E-state index contributed by atoms with van der Waals surface area (Å²) in [6.07, 6.45) is 3.81. The number of anilines is 1. The first-order chi connectivity index (χ1) is 9.78. The van der Waals surface area contributed by atoms with E-state index in [0.717, 1.165) is 42.5 Å². The molecule has 3 heterocycles. The second kappa shape index (κ2) is 5.93. The van der Waals surface area contributed by atoms with Gasteiger partial charge in [0.1, 0.15) is 4.88 Å². The molecule has 6 heteroatoms. The number of rotatable bonds is 3. The number of thiophene rings is 1. The van der Waals surface area contributed by atoms with Crippen LogP contribution < -0.4 is 5.32 Å². The molecule has 0 saturated heterocycles. The number of thiazole rings is 1. The second-order valence-corrected chi connectivity index (χ2v) is 6.79. The molecule has 2 aromatic heterocycles. The zero-order chi connectivity index (χ0) is 13.9. The molecule has 0 atom stereocenters. The van der Waals surface area contributed by atoms with E-state index in [1.54, 1.807) is 17.5 Å². The molecule has 0 spiro atoms. The van der Waals surface area contributed by atoms with Gasteiger partial charge in [-0.3, -0.25) is 4.79 Å². The van der Waals surface area contributed by atoms with Crippen molar-refractivity contribution in [3.8, 4) is 0 Å². The highest BCUT2D eigenvalue weighted by Gasteiger charge is 2.22. The van der Waals surface area contributed by atoms with Gasteiger partial charge in [-0.2, -0.15) is 0 Å². The van der Waals surface area contributed by atoms with Crippen LogP contribution in [-0.4, -0.2) is 28.9 Å². The Bertz CT molecular complexity index is 605. The largest absolute Gasteiger partial charge is 0.362 e. The highest BCUT2D eigenvalue weighted by molar-refractivity contribution is 7.17. The number of hydrogen-bond acceptors (Lipinski definition) is 5. The molecular weight excluding hydrogens is 290 g/mol. The lowest BCUT2D eigenvalue weighted by Crippen LogP contribution is -2.30. The fraction of sp³-hybridized carbons (Fsp3) is 0.429. The number of hydrogen-bond donors (Lipinski definition) is 1. The van der Waals surface area contributed by atoms with E-state index in [1.807, 2.05) is 11.8 Å². The maximum atomic E-state index is 12.6. The lowest BCUT2D eigenvalue weighted by atomic mass is 10.2. The Hall–Kier alpha value is -1.40. The van der Waals surface area contributed by atoms with Gasteiger partial charge < -0.3 is 10.2 Å². The Morgan fingerprint density at radius 1 is 1.55 bits per heavy atom. The number of aryl methyl sites for hydroxylation is 1. The van der Waals surface area contributed by atoms with Gasteiger partial charge in [0.2, 0.25) is 0 Å². The molecule has 2 aromatic rings. The van der Waals surface area contributed by atoms with Crippen molar-refractivity contribution < 1.29 is 4.79 Å². The topological polar surface area (TPSA) is 45.2 Å². The molecule has 3 rings (SSSR count). The van der Waals surface area contributed by atoms with Gasteiger partial charge >= 0.3 is 0 Å². The van der Waals surface area contributed by atoms with E-state index in [1.165, 1.54) is 21.8 Å². The van der Waals surface area contributed by atoms with Crippen molar-refractivity contribution in [2.24, 2.45) is 0 Å². The summed E-state index contributed by atoms with van der Waals surface area (Å²) >= 11 is 3.24. The third-order valence-electron chi connectivity index (χ3n) is 3.36. The van der Waals surface area contributed by atoms with Gasteiger partial charge in [0.05, 0.1) is 6.20 Å². The van der Waals surface area contributed by atoms with E-state index in [4.69, 9.17) is 0 Å². The molecular formula is C14H17N3OS2. The van der Waals surface area contributed by atoms with Crippen molar-refractivity contribution in [3.05, 3.63) is 33.0 Å². The van der Waals surface area contributed by atoms with Gasteiger partial charge in [0.15, 0.2) is 5.13 Å². The van der Waals surface area contributed by atoms with Crippen LogP contribution in [0.1, 0.15) is 33.5 Å². The van der Waals surface area contributed by atoms with Crippen LogP contribution >= 0.6 is 22.7 Å². The van der Waals surface area contributed by atoms with Crippen LogP contribution in [0.25, 0.3) is 0 Å². The van der Waals surface area contributed by atoms with Crippen LogP contribution in [0.2, 0.25) is 0 Å². The zero-order valence-corrected chi connectivity index (χ0v) is 13.0. The predicted molar refractivity (Wildman–Crippen MR) is 83.7 cm³/mol. The van der Waals surface area contributed by atoms with Crippen LogP contribution in [-0.2, 0) is 13.0 Å². The molecule has 0 fully saturated rings. The van der Waals surface area contributed by atoms with E-state index >= 15 is 0 Å². The fourth-order valence-electron chi connectivity index (χ4n) is 2.38. The van der Waals surface area contributed by atoms with Gasteiger partial charge in [-0.15, -0.1) is 11.3 Å². The number of nitrogens with zero attached hydrogens (tertiary/aromatic N) is 2. The molecule has 0 saturated carbocycles. The smallest absolute Gasteiger partial charge is 0.265 e. The number of carbonyl (C=O) groups is 1.